The van der Waals surface area contributed by atoms with Gasteiger partial charge in [-0.1, -0.05) is 0 Å². The van der Waals surface area contributed by atoms with E-state index in [0.717, 1.165) is 6.42 Å². The van der Waals surface area contributed by atoms with E-state index in [-0.39, 0.29) is 0 Å². The molecule has 0 amide bonds. The van der Waals surface area contributed by atoms with Crippen molar-refractivity contribution in [1.82, 2.24) is 0 Å². The van der Waals surface area contributed by atoms with E-state index in [1.165, 1.54) is 0 Å². The van der Waals surface area contributed by atoms with Crippen LogP contribution in [0.15, 0.2) is 0 Å². The maximum absolute atomic E-state index is 5.24. The van der Waals surface area contributed by atoms with E-state index in [9.17, 15) is 0 Å². The Morgan fingerprint density at radius 1 is 1.20 bits per heavy atom. The van der Waals surface area contributed by atoms with E-state index in [1.807, 2.05) is 0 Å². The second-order valence-corrected chi connectivity index (χ2v) is 1.56. The second kappa shape index (κ2) is 0.698. The van der Waals surface area contributed by atoms with Gasteiger partial charge in [-0.25, -0.2) is 0 Å². The molecule has 0 bridgehead atoms. The second-order valence-electron chi connectivity index (χ2n) is 1.56. The molecule has 0 radical (unpaired) electrons. The quantitative estimate of drug-likeness (QED) is 0.387. The molecule has 2 atom stereocenters. The molecule has 5 heavy (non-hydrogen) atoms. The zero-order chi connectivity index (χ0) is 3.86. The van der Waals surface area contributed by atoms with E-state index in [0.29, 0.717) is 12.1 Å². The summed E-state index contributed by atoms with van der Waals surface area (Å²) in [5.74, 6) is 0. The Morgan fingerprint density at radius 3 is 1.40 bits per heavy atom. The summed E-state index contributed by atoms with van der Waals surface area (Å²) in [5, 5.41) is 0. The predicted octanol–water partition coefficient (Wildman–Crippen LogP) is -0.955. The summed E-state index contributed by atoms with van der Waals surface area (Å²) in [4.78, 5) is 0. The number of rotatable bonds is 0. The van der Waals surface area contributed by atoms with Gasteiger partial charge in [0.15, 0.2) is 0 Å². The third kappa shape index (κ3) is 0.412. The summed E-state index contributed by atoms with van der Waals surface area (Å²) in [6.45, 7) is 0. The lowest BCUT2D eigenvalue weighted by atomic mass is 10.7. The molecule has 0 aromatic heterocycles. The average Bonchev–Trinajstić information content (AvgIpc) is 1.79. The van der Waals surface area contributed by atoms with Gasteiger partial charge in [0.1, 0.15) is 0 Å². The molecule has 1 saturated carbocycles. The largest absolute Gasteiger partial charge is 0.326 e. The fourth-order valence-electron chi connectivity index (χ4n) is 0.236. The molecule has 1 aliphatic rings. The molecule has 1 fully saturated rings. The lowest BCUT2D eigenvalue weighted by Crippen LogP contribution is -2.12. The first kappa shape index (κ1) is 3.12. The van der Waals surface area contributed by atoms with Crippen LogP contribution in [0.2, 0.25) is 0 Å². The lowest BCUT2D eigenvalue weighted by molar-refractivity contribution is 0.962. The Bertz CT molecular complexity index is 38.2. The van der Waals surface area contributed by atoms with Gasteiger partial charge < -0.3 is 11.5 Å². The molecule has 0 unspecified atom stereocenters. The van der Waals surface area contributed by atoms with Crippen LogP contribution >= 0.6 is 0 Å². The molecule has 4 N–H and O–H groups in total. The molecule has 0 saturated heterocycles. The fraction of sp³-hybridized carbons (Fsp3) is 1.00. The summed E-state index contributed by atoms with van der Waals surface area (Å²) in [5.41, 5.74) is 10.5. The van der Waals surface area contributed by atoms with E-state index in [2.05, 4.69) is 0 Å². The minimum Gasteiger partial charge on any atom is -0.326 e. The Labute approximate surface area is 31.1 Å². The van der Waals surface area contributed by atoms with Crippen LogP contribution in [-0.4, -0.2) is 12.1 Å². The zero-order valence-corrected chi connectivity index (χ0v) is 3.02. The highest BCUT2D eigenvalue weighted by Gasteiger charge is 2.28. The Hall–Kier alpha value is -0.0800. The summed E-state index contributed by atoms with van der Waals surface area (Å²) in [6, 6.07) is 0.657. The van der Waals surface area contributed by atoms with Gasteiger partial charge in [0.25, 0.3) is 0 Å². The van der Waals surface area contributed by atoms with Crippen LogP contribution in [-0.2, 0) is 0 Å². The molecule has 0 spiro atoms. The molecule has 30 valence electrons. The third-order valence-corrected chi connectivity index (χ3v) is 0.891. The maximum atomic E-state index is 5.24. The first-order valence-electron chi connectivity index (χ1n) is 1.82. The number of hydrogen-bond donors (Lipinski definition) is 2. The molecule has 1 rings (SSSR count). The maximum Gasteiger partial charge on any atom is 0.0208 e. The van der Waals surface area contributed by atoms with Crippen molar-refractivity contribution in [3.8, 4) is 0 Å². The van der Waals surface area contributed by atoms with Gasteiger partial charge in [0, 0.05) is 12.1 Å². The van der Waals surface area contributed by atoms with Crippen molar-refractivity contribution in [2.24, 2.45) is 11.5 Å². The molecule has 2 nitrogen and oxygen atoms in total. The fourth-order valence-corrected chi connectivity index (χ4v) is 0.236. The van der Waals surface area contributed by atoms with Crippen molar-refractivity contribution in [3.63, 3.8) is 0 Å². The summed E-state index contributed by atoms with van der Waals surface area (Å²) >= 11 is 0. The Kier molecular flexibility index (Phi) is 0.436. The Morgan fingerprint density at radius 2 is 1.40 bits per heavy atom. The van der Waals surface area contributed by atoms with Crippen LogP contribution in [0.1, 0.15) is 6.42 Å². The lowest BCUT2D eigenvalue weighted by Gasteiger charge is -1.70. The van der Waals surface area contributed by atoms with Gasteiger partial charge >= 0.3 is 0 Å². The van der Waals surface area contributed by atoms with Crippen molar-refractivity contribution < 1.29 is 0 Å². The highest BCUT2D eigenvalue weighted by Crippen LogP contribution is 2.12. The van der Waals surface area contributed by atoms with Crippen molar-refractivity contribution >= 4 is 0 Å². The molecule has 0 aromatic carbocycles. The van der Waals surface area contributed by atoms with E-state index in [4.69, 9.17) is 11.5 Å². The zero-order valence-electron chi connectivity index (χ0n) is 3.02. The highest BCUT2D eigenvalue weighted by molar-refractivity contribution is 4.93. The van der Waals surface area contributed by atoms with Crippen LogP contribution in [0, 0.1) is 0 Å². The van der Waals surface area contributed by atoms with E-state index >= 15 is 0 Å². The van der Waals surface area contributed by atoms with Crippen molar-refractivity contribution in [2.75, 3.05) is 0 Å². The van der Waals surface area contributed by atoms with Crippen molar-refractivity contribution in [2.45, 2.75) is 18.5 Å². The van der Waals surface area contributed by atoms with E-state index in [1.54, 1.807) is 0 Å². The molecule has 0 aromatic rings. The SMILES string of the molecule is N[C@@H]1C[C@H]1N. The molecule has 2 heteroatoms. The first-order chi connectivity index (χ1) is 2.30. The van der Waals surface area contributed by atoms with Gasteiger partial charge in [-0.05, 0) is 6.42 Å². The normalized spacial score (nSPS) is 49.2. The first-order valence-corrected chi connectivity index (χ1v) is 1.82. The monoisotopic (exact) mass is 72.1 g/mol. The van der Waals surface area contributed by atoms with E-state index < -0.39 is 0 Å². The standard InChI is InChI=1S/C3H8N2/c4-2-1-3(2)5/h2-3H,1,4-5H2/t2-,3-/m1/s1. The average molecular weight is 72.1 g/mol. The molecule has 0 heterocycles. The highest BCUT2D eigenvalue weighted by atomic mass is 14.9. The Balaban J connectivity index is 2.20. The van der Waals surface area contributed by atoms with Gasteiger partial charge in [0.05, 0.1) is 0 Å². The minimum absolute atomic E-state index is 0.329. The molecule has 1 aliphatic carbocycles. The summed E-state index contributed by atoms with van der Waals surface area (Å²) in [7, 11) is 0. The molecular weight excluding hydrogens is 64.0 g/mol. The summed E-state index contributed by atoms with van der Waals surface area (Å²) in [6.07, 6.45) is 1.03. The van der Waals surface area contributed by atoms with Crippen LogP contribution in [0.4, 0.5) is 0 Å². The van der Waals surface area contributed by atoms with Crippen LogP contribution in [0.25, 0.3) is 0 Å². The number of nitrogens with two attached hydrogens (primary N) is 2. The van der Waals surface area contributed by atoms with Crippen molar-refractivity contribution in [1.29, 1.82) is 0 Å². The van der Waals surface area contributed by atoms with Crippen LogP contribution < -0.4 is 11.5 Å². The molecular formula is C3H8N2. The topological polar surface area (TPSA) is 52.0 Å². The smallest absolute Gasteiger partial charge is 0.0208 e. The van der Waals surface area contributed by atoms with Gasteiger partial charge in [-0.15, -0.1) is 0 Å². The minimum atomic E-state index is 0.329. The molecule has 0 aliphatic heterocycles. The third-order valence-electron chi connectivity index (χ3n) is 0.891. The van der Waals surface area contributed by atoms with Crippen LogP contribution in [0.5, 0.6) is 0 Å². The predicted molar refractivity (Wildman–Crippen MR) is 20.6 cm³/mol. The number of hydrogen-bond acceptors (Lipinski definition) is 2. The van der Waals surface area contributed by atoms with Gasteiger partial charge in [-0.3, -0.25) is 0 Å². The van der Waals surface area contributed by atoms with Crippen molar-refractivity contribution in [3.05, 3.63) is 0 Å². The van der Waals surface area contributed by atoms with Crippen LogP contribution in [0.3, 0.4) is 0 Å². The van der Waals surface area contributed by atoms with Gasteiger partial charge in [-0.2, -0.15) is 0 Å². The van der Waals surface area contributed by atoms with Gasteiger partial charge in [0.2, 0.25) is 0 Å². The summed E-state index contributed by atoms with van der Waals surface area (Å²) < 4.78 is 0.